The number of halogens is 2. The minimum Gasteiger partial charge on any atom is -0.486 e. The van der Waals surface area contributed by atoms with Gasteiger partial charge in [0.15, 0.2) is 11.5 Å². The van der Waals surface area contributed by atoms with Gasteiger partial charge in [-0.2, -0.15) is 0 Å². The molecule has 1 aliphatic rings. The molecule has 0 saturated heterocycles. The van der Waals surface area contributed by atoms with E-state index in [0.717, 1.165) is 18.2 Å². The van der Waals surface area contributed by atoms with Crippen molar-refractivity contribution in [2.75, 3.05) is 13.2 Å². The van der Waals surface area contributed by atoms with E-state index in [2.05, 4.69) is 0 Å². The topological polar surface area (TPSA) is 38.7 Å². The predicted molar refractivity (Wildman–Crippen MR) is 67.9 cm³/mol. The van der Waals surface area contributed by atoms with Crippen LogP contribution in [0.15, 0.2) is 36.4 Å². The molecule has 1 heterocycles. The van der Waals surface area contributed by atoms with Crippen molar-refractivity contribution >= 4 is 0 Å². The number of benzene rings is 2. The standard InChI is InChI=1S/C15H12F2O3/c16-11-5-10(6-12(17)8-11)15(18)9-1-2-13-14(7-9)20-4-3-19-13/h1-2,5-8,15,18H,3-4H2. The molecule has 0 bridgehead atoms. The van der Waals surface area contributed by atoms with Crippen LogP contribution >= 0.6 is 0 Å². The Morgan fingerprint density at radius 1 is 0.850 bits per heavy atom. The Hall–Kier alpha value is -2.14. The van der Waals surface area contributed by atoms with Gasteiger partial charge in [-0.05, 0) is 35.4 Å². The van der Waals surface area contributed by atoms with Crippen molar-refractivity contribution in [3.63, 3.8) is 0 Å². The Kier molecular flexibility index (Phi) is 3.28. The van der Waals surface area contributed by atoms with Crippen LogP contribution in [0.3, 0.4) is 0 Å². The fourth-order valence-electron chi connectivity index (χ4n) is 2.16. The van der Waals surface area contributed by atoms with E-state index >= 15 is 0 Å². The third kappa shape index (κ3) is 2.44. The van der Waals surface area contributed by atoms with Gasteiger partial charge in [0.2, 0.25) is 0 Å². The number of aliphatic hydroxyl groups excluding tert-OH is 1. The van der Waals surface area contributed by atoms with Gasteiger partial charge in [0.05, 0.1) is 0 Å². The summed E-state index contributed by atoms with van der Waals surface area (Å²) >= 11 is 0. The molecule has 0 fully saturated rings. The summed E-state index contributed by atoms with van der Waals surface area (Å²) in [5.41, 5.74) is 0.637. The molecule has 2 aromatic carbocycles. The molecule has 20 heavy (non-hydrogen) atoms. The molecule has 1 N–H and O–H groups in total. The smallest absolute Gasteiger partial charge is 0.161 e. The maximum Gasteiger partial charge on any atom is 0.161 e. The first-order valence-electron chi connectivity index (χ1n) is 6.17. The fraction of sp³-hybridized carbons (Fsp3) is 0.200. The van der Waals surface area contributed by atoms with Crippen LogP contribution in [-0.2, 0) is 0 Å². The molecule has 2 aromatic rings. The molecule has 3 rings (SSSR count). The van der Waals surface area contributed by atoms with Crippen molar-refractivity contribution in [3.8, 4) is 11.5 Å². The van der Waals surface area contributed by atoms with Gasteiger partial charge in [-0.1, -0.05) is 6.07 Å². The first kappa shape index (κ1) is 12.9. The van der Waals surface area contributed by atoms with E-state index in [9.17, 15) is 13.9 Å². The summed E-state index contributed by atoms with van der Waals surface area (Å²) in [5, 5.41) is 10.2. The number of ether oxygens (including phenoxy) is 2. The van der Waals surface area contributed by atoms with Gasteiger partial charge < -0.3 is 14.6 Å². The van der Waals surface area contributed by atoms with Crippen molar-refractivity contribution in [3.05, 3.63) is 59.2 Å². The van der Waals surface area contributed by atoms with Crippen LogP contribution in [0.25, 0.3) is 0 Å². The molecule has 104 valence electrons. The first-order valence-corrected chi connectivity index (χ1v) is 6.17. The van der Waals surface area contributed by atoms with Crippen LogP contribution in [0.2, 0.25) is 0 Å². The molecule has 1 unspecified atom stereocenters. The van der Waals surface area contributed by atoms with Gasteiger partial charge in [0.1, 0.15) is 31.0 Å². The van der Waals surface area contributed by atoms with Crippen LogP contribution in [0.4, 0.5) is 8.78 Å². The van der Waals surface area contributed by atoms with E-state index in [1.165, 1.54) is 0 Å². The quantitative estimate of drug-likeness (QED) is 0.918. The van der Waals surface area contributed by atoms with Crippen LogP contribution in [-0.4, -0.2) is 18.3 Å². The second kappa shape index (κ2) is 5.09. The van der Waals surface area contributed by atoms with E-state index < -0.39 is 17.7 Å². The number of fused-ring (bicyclic) bond motifs is 1. The van der Waals surface area contributed by atoms with Gasteiger partial charge in [-0.3, -0.25) is 0 Å². The molecule has 0 spiro atoms. The number of aliphatic hydroxyl groups is 1. The molecule has 1 aliphatic heterocycles. The summed E-state index contributed by atoms with van der Waals surface area (Å²) in [7, 11) is 0. The zero-order valence-electron chi connectivity index (χ0n) is 10.5. The maximum atomic E-state index is 13.2. The van der Waals surface area contributed by atoms with E-state index in [-0.39, 0.29) is 5.56 Å². The van der Waals surface area contributed by atoms with E-state index in [1.54, 1.807) is 18.2 Å². The molecule has 3 nitrogen and oxygen atoms in total. The second-order valence-corrected chi connectivity index (χ2v) is 4.51. The molecular weight excluding hydrogens is 266 g/mol. The number of hydrogen-bond acceptors (Lipinski definition) is 3. The van der Waals surface area contributed by atoms with Gasteiger partial charge in [0, 0.05) is 6.07 Å². The van der Waals surface area contributed by atoms with Crippen molar-refractivity contribution < 1.29 is 23.4 Å². The van der Waals surface area contributed by atoms with Crippen LogP contribution in [0, 0.1) is 11.6 Å². The Balaban J connectivity index is 1.95. The largest absolute Gasteiger partial charge is 0.486 e. The zero-order valence-corrected chi connectivity index (χ0v) is 10.5. The van der Waals surface area contributed by atoms with Gasteiger partial charge >= 0.3 is 0 Å². The highest BCUT2D eigenvalue weighted by atomic mass is 19.1. The average molecular weight is 278 g/mol. The first-order chi connectivity index (χ1) is 9.63. The van der Waals surface area contributed by atoms with E-state index in [0.29, 0.717) is 30.3 Å². The zero-order chi connectivity index (χ0) is 14.1. The minimum absolute atomic E-state index is 0.152. The molecule has 0 aliphatic carbocycles. The molecule has 5 heteroatoms. The Morgan fingerprint density at radius 3 is 2.20 bits per heavy atom. The van der Waals surface area contributed by atoms with Crippen molar-refractivity contribution in [2.24, 2.45) is 0 Å². The number of hydrogen-bond donors (Lipinski definition) is 1. The maximum absolute atomic E-state index is 13.2. The van der Waals surface area contributed by atoms with E-state index in [1.807, 2.05) is 0 Å². The van der Waals surface area contributed by atoms with Gasteiger partial charge in [-0.25, -0.2) is 8.78 Å². The Morgan fingerprint density at radius 2 is 1.50 bits per heavy atom. The second-order valence-electron chi connectivity index (χ2n) is 4.51. The Labute approximate surface area is 114 Å². The Bertz CT molecular complexity index is 623. The summed E-state index contributed by atoms with van der Waals surface area (Å²) in [6.07, 6.45) is -1.13. The summed E-state index contributed by atoms with van der Waals surface area (Å²) < 4.78 is 37.2. The van der Waals surface area contributed by atoms with Crippen molar-refractivity contribution in [1.29, 1.82) is 0 Å². The third-order valence-corrected chi connectivity index (χ3v) is 3.08. The van der Waals surface area contributed by atoms with Crippen molar-refractivity contribution in [2.45, 2.75) is 6.10 Å². The highest BCUT2D eigenvalue weighted by Crippen LogP contribution is 2.34. The van der Waals surface area contributed by atoms with Crippen molar-refractivity contribution in [1.82, 2.24) is 0 Å². The SMILES string of the molecule is OC(c1cc(F)cc(F)c1)c1ccc2c(c1)OCCO2. The van der Waals surface area contributed by atoms with Crippen LogP contribution < -0.4 is 9.47 Å². The fourth-order valence-corrected chi connectivity index (χ4v) is 2.16. The normalized spacial score (nSPS) is 14.9. The summed E-state index contributed by atoms with van der Waals surface area (Å²) in [6.45, 7) is 0.908. The van der Waals surface area contributed by atoms with Crippen LogP contribution in [0.5, 0.6) is 11.5 Å². The van der Waals surface area contributed by atoms with Gasteiger partial charge in [-0.15, -0.1) is 0 Å². The summed E-state index contributed by atoms with van der Waals surface area (Å²) in [5.74, 6) is -0.338. The average Bonchev–Trinajstić information content (AvgIpc) is 2.45. The molecular formula is C15H12F2O3. The lowest BCUT2D eigenvalue weighted by atomic mass is 10.0. The lowest BCUT2D eigenvalue weighted by Crippen LogP contribution is -2.15. The molecule has 1 atom stereocenters. The summed E-state index contributed by atoms with van der Waals surface area (Å²) in [4.78, 5) is 0. The minimum atomic E-state index is -1.13. The molecule has 0 amide bonds. The molecule has 0 radical (unpaired) electrons. The predicted octanol–water partition coefficient (Wildman–Crippen LogP) is 2.82. The highest BCUT2D eigenvalue weighted by Gasteiger charge is 2.17. The third-order valence-electron chi connectivity index (χ3n) is 3.08. The van der Waals surface area contributed by atoms with E-state index in [4.69, 9.17) is 9.47 Å². The van der Waals surface area contributed by atoms with Gasteiger partial charge in [0.25, 0.3) is 0 Å². The molecule has 0 saturated carbocycles. The lowest BCUT2D eigenvalue weighted by Gasteiger charge is -2.20. The van der Waals surface area contributed by atoms with Crippen LogP contribution in [0.1, 0.15) is 17.2 Å². The lowest BCUT2D eigenvalue weighted by molar-refractivity contribution is 0.169. The molecule has 0 aromatic heterocycles. The monoisotopic (exact) mass is 278 g/mol. The number of rotatable bonds is 2. The summed E-state index contributed by atoms with van der Waals surface area (Å²) in [6, 6.07) is 7.89. The highest BCUT2D eigenvalue weighted by molar-refractivity contribution is 5.46.